The van der Waals surface area contributed by atoms with Gasteiger partial charge in [0.2, 0.25) is 0 Å². The first-order valence-electron chi connectivity index (χ1n) is 5.56. The molecule has 1 nitrogen and oxygen atoms in total. The van der Waals surface area contributed by atoms with Gasteiger partial charge >= 0.3 is 0 Å². The van der Waals surface area contributed by atoms with Gasteiger partial charge in [-0.2, -0.15) is 0 Å². The fourth-order valence-electron chi connectivity index (χ4n) is 2.03. The molecule has 2 radical (unpaired) electrons. The van der Waals surface area contributed by atoms with E-state index >= 15 is 0 Å². The highest BCUT2D eigenvalue weighted by atomic mass is 32.1. The summed E-state index contributed by atoms with van der Waals surface area (Å²) in [5.74, 6) is 0. The molecule has 3 rings (SSSR count). The maximum atomic E-state index is 5.36. The second-order valence-electron chi connectivity index (χ2n) is 4.02. The summed E-state index contributed by atoms with van der Waals surface area (Å²) in [6.45, 7) is 0.809. The first kappa shape index (κ1) is 10.4. The van der Waals surface area contributed by atoms with Crippen molar-refractivity contribution < 1.29 is 0 Å². The highest BCUT2D eigenvalue weighted by molar-refractivity contribution is 7.80. The number of aromatic nitrogens is 1. The van der Waals surface area contributed by atoms with Crippen LogP contribution in [0.2, 0.25) is 0 Å². The van der Waals surface area contributed by atoms with E-state index in [9.17, 15) is 0 Å². The van der Waals surface area contributed by atoms with Crippen LogP contribution in [0.5, 0.6) is 0 Å². The Morgan fingerprint density at radius 1 is 0.941 bits per heavy atom. The second kappa shape index (κ2) is 4.22. The largest absolute Gasteiger partial charge is 0.327 e. The SMILES string of the molecule is [S]c1[c]c2ccccc2n1Cc1ccccc1. The highest BCUT2D eigenvalue weighted by Gasteiger charge is 2.06. The standard InChI is InChI=1S/C15H11NS/c17-15-10-13-8-4-5-9-14(13)16(15)11-12-6-2-1-3-7-12/h1-9H,11H2. The molecule has 1 aromatic heterocycles. The Labute approximate surface area is 106 Å². The highest BCUT2D eigenvalue weighted by Crippen LogP contribution is 2.22. The Kier molecular flexibility index (Phi) is 2.57. The molecule has 0 fully saturated rings. The molecular formula is C15H11NS. The minimum Gasteiger partial charge on any atom is -0.327 e. The normalized spacial score (nSPS) is 10.8. The van der Waals surface area contributed by atoms with Gasteiger partial charge in [0.1, 0.15) is 5.03 Å². The molecule has 0 spiro atoms. The Morgan fingerprint density at radius 3 is 2.47 bits per heavy atom. The monoisotopic (exact) mass is 237 g/mol. The van der Waals surface area contributed by atoms with Gasteiger partial charge in [-0.1, -0.05) is 61.2 Å². The summed E-state index contributed by atoms with van der Waals surface area (Å²) in [6, 6.07) is 21.8. The van der Waals surface area contributed by atoms with E-state index in [4.69, 9.17) is 12.6 Å². The van der Waals surface area contributed by atoms with Gasteiger partial charge in [0.05, 0.1) is 5.52 Å². The van der Waals surface area contributed by atoms with E-state index in [2.05, 4.69) is 28.8 Å². The molecule has 2 aromatic carbocycles. The van der Waals surface area contributed by atoms with Crippen LogP contribution >= 0.6 is 12.6 Å². The lowest BCUT2D eigenvalue weighted by Gasteiger charge is -2.06. The molecule has 0 saturated carbocycles. The number of benzene rings is 2. The number of nitrogens with zero attached hydrogens (tertiary/aromatic N) is 1. The predicted molar refractivity (Wildman–Crippen MR) is 72.2 cm³/mol. The minimum absolute atomic E-state index is 0.773. The maximum absolute atomic E-state index is 5.36. The lowest BCUT2D eigenvalue weighted by molar-refractivity contribution is 0.762. The van der Waals surface area contributed by atoms with Gasteiger partial charge in [0.15, 0.2) is 0 Å². The Hall–Kier alpha value is -1.80. The third-order valence-electron chi connectivity index (χ3n) is 2.87. The Bertz CT molecular complexity index is 640. The van der Waals surface area contributed by atoms with Gasteiger partial charge in [-0.15, -0.1) is 0 Å². The summed E-state index contributed by atoms with van der Waals surface area (Å²) in [5, 5.41) is 1.86. The van der Waals surface area contributed by atoms with Crippen LogP contribution in [0.15, 0.2) is 59.6 Å². The van der Waals surface area contributed by atoms with Crippen LogP contribution in [-0.4, -0.2) is 4.57 Å². The van der Waals surface area contributed by atoms with Crippen molar-refractivity contribution in [2.24, 2.45) is 0 Å². The Balaban J connectivity index is 2.08. The zero-order valence-electron chi connectivity index (χ0n) is 9.26. The summed E-state index contributed by atoms with van der Waals surface area (Å²) in [5.41, 5.74) is 2.41. The molecule has 0 aliphatic carbocycles. The predicted octanol–water partition coefficient (Wildman–Crippen LogP) is 4.05. The lowest BCUT2D eigenvalue weighted by Crippen LogP contribution is -1.99. The molecule has 17 heavy (non-hydrogen) atoms. The molecule has 82 valence electrons. The summed E-state index contributed by atoms with van der Waals surface area (Å²) >= 11 is 5.36. The van der Waals surface area contributed by atoms with E-state index < -0.39 is 0 Å². The van der Waals surface area contributed by atoms with Crippen LogP contribution in [0, 0.1) is 6.07 Å². The Morgan fingerprint density at radius 2 is 1.65 bits per heavy atom. The third kappa shape index (κ3) is 1.92. The summed E-state index contributed by atoms with van der Waals surface area (Å²) in [6.07, 6.45) is 0. The lowest BCUT2D eigenvalue weighted by atomic mass is 10.2. The van der Waals surface area contributed by atoms with Gasteiger partial charge in [0, 0.05) is 18.0 Å². The molecule has 0 atom stereocenters. The first-order chi connectivity index (χ1) is 8.34. The van der Waals surface area contributed by atoms with Crippen LogP contribution in [-0.2, 0) is 6.54 Å². The molecule has 0 bridgehead atoms. The summed E-state index contributed by atoms with van der Waals surface area (Å²) in [4.78, 5) is 0. The molecule has 0 aliphatic heterocycles. The van der Waals surface area contributed by atoms with Crippen molar-refractivity contribution in [3.63, 3.8) is 0 Å². The van der Waals surface area contributed by atoms with Gasteiger partial charge < -0.3 is 4.57 Å². The van der Waals surface area contributed by atoms with Gasteiger partial charge in [-0.25, -0.2) is 0 Å². The zero-order valence-corrected chi connectivity index (χ0v) is 10.1. The first-order valence-corrected chi connectivity index (χ1v) is 5.97. The van der Waals surface area contributed by atoms with Crippen LogP contribution < -0.4 is 0 Å². The quantitative estimate of drug-likeness (QED) is 0.633. The van der Waals surface area contributed by atoms with Gasteiger partial charge in [-0.05, 0) is 11.6 Å². The van der Waals surface area contributed by atoms with E-state index in [1.165, 1.54) is 5.56 Å². The fourth-order valence-corrected chi connectivity index (χ4v) is 2.30. The average molecular weight is 237 g/mol. The smallest absolute Gasteiger partial charge is 0.115 e. The number of hydrogen-bond donors (Lipinski definition) is 0. The zero-order chi connectivity index (χ0) is 11.7. The third-order valence-corrected chi connectivity index (χ3v) is 3.19. The molecule has 0 amide bonds. The molecule has 0 N–H and O–H groups in total. The van der Waals surface area contributed by atoms with E-state index in [1.54, 1.807) is 0 Å². The van der Waals surface area contributed by atoms with Gasteiger partial charge in [-0.3, -0.25) is 0 Å². The minimum atomic E-state index is 0.773. The van der Waals surface area contributed by atoms with Crippen molar-refractivity contribution in [3.05, 3.63) is 66.2 Å². The van der Waals surface area contributed by atoms with Crippen LogP contribution in [0.3, 0.4) is 0 Å². The van der Waals surface area contributed by atoms with E-state index in [-0.39, 0.29) is 0 Å². The molecule has 0 unspecified atom stereocenters. The van der Waals surface area contributed by atoms with E-state index in [0.29, 0.717) is 0 Å². The van der Waals surface area contributed by atoms with Crippen molar-refractivity contribution in [1.29, 1.82) is 0 Å². The molecule has 3 aromatic rings. The molecule has 1 heterocycles. The van der Waals surface area contributed by atoms with Crippen LogP contribution in [0.4, 0.5) is 0 Å². The fraction of sp³-hybridized carbons (Fsp3) is 0.0667. The van der Waals surface area contributed by atoms with E-state index in [1.807, 2.05) is 36.4 Å². The van der Waals surface area contributed by atoms with Crippen LogP contribution in [0.1, 0.15) is 5.56 Å². The van der Waals surface area contributed by atoms with Crippen LogP contribution in [0.25, 0.3) is 10.9 Å². The summed E-state index contributed by atoms with van der Waals surface area (Å²) < 4.78 is 2.12. The molecule has 0 saturated heterocycles. The topological polar surface area (TPSA) is 4.93 Å². The van der Waals surface area contributed by atoms with Crippen molar-refractivity contribution in [2.75, 3.05) is 0 Å². The average Bonchev–Trinajstić information content (AvgIpc) is 2.68. The number of fused-ring (bicyclic) bond motifs is 1. The second-order valence-corrected chi connectivity index (χ2v) is 4.41. The van der Waals surface area contributed by atoms with E-state index in [0.717, 1.165) is 22.5 Å². The molecular weight excluding hydrogens is 226 g/mol. The number of para-hydroxylation sites is 1. The van der Waals surface area contributed by atoms with Crippen molar-refractivity contribution in [2.45, 2.75) is 11.6 Å². The molecule has 2 heteroatoms. The number of rotatable bonds is 2. The van der Waals surface area contributed by atoms with Crippen molar-refractivity contribution in [3.8, 4) is 0 Å². The van der Waals surface area contributed by atoms with Crippen molar-refractivity contribution in [1.82, 2.24) is 4.57 Å². The maximum Gasteiger partial charge on any atom is 0.115 e. The molecule has 0 aliphatic rings. The van der Waals surface area contributed by atoms with Crippen molar-refractivity contribution >= 4 is 23.5 Å². The summed E-state index contributed by atoms with van der Waals surface area (Å²) in [7, 11) is 0. The van der Waals surface area contributed by atoms with Gasteiger partial charge in [0.25, 0.3) is 0 Å². The number of hydrogen-bond acceptors (Lipinski definition) is 0.